The first-order chi connectivity index (χ1) is 14.8. The number of carbonyl (C=O) groups is 3. The van der Waals surface area contributed by atoms with Crippen LogP contribution in [0.2, 0.25) is 5.02 Å². The maximum Gasteiger partial charge on any atom is 0.332 e. The van der Waals surface area contributed by atoms with Crippen LogP contribution in [0.3, 0.4) is 0 Å². The quantitative estimate of drug-likeness (QED) is 0.597. The minimum atomic E-state index is -0.472. The highest BCUT2D eigenvalue weighted by Crippen LogP contribution is 2.38. The molecule has 4 amide bonds. The van der Waals surface area contributed by atoms with E-state index >= 15 is 0 Å². The smallest absolute Gasteiger partial charge is 0.325 e. The van der Waals surface area contributed by atoms with Crippen LogP contribution in [0.15, 0.2) is 48.5 Å². The van der Waals surface area contributed by atoms with E-state index in [0.717, 1.165) is 12.0 Å². The number of amides is 4. The van der Waals surface area contributed by atoms with Crippen molar-refractivity contribution in [3.8, 4) is 0 Å². The van der Waals surface area contributed by atoms with Crippen molar-refractivity contribution in [2.24, 2.45) is 5.92 Å². The van der Waals surface area contributed by atoms with Crippen LogP contribution in [-0.2, 0) is 9.59 Å². The standard InChI is InChI=1S/C23H23BrClN3O3/c1-14-2-7-17(8-3-14)26-21(29)13-27-20-11-4-15(24)12-19(20)22(30)28(23(27)31)18-9-5-16(25)6-10-18/h2-3,5-10,15,19-20H,4,11-13H2,1H3,(H,26,29). The first-order valence-electron chi connectivity index (χ1n) is 10.2. The van der Waals surface area contributed by atoms with Gasteiger partial charge < -0.3 is 10.2 Å². The fourth-order valence-corrected chi connectivity index (χ4v) is 5.07. The van der Waals surface area contributed by atoms with Gasteiger partial charge in [-0.1, -0.05) is 45.2 Å². The van der Waals surface area contributed by atoms with Gasteiger partial charge in [-0.3, -0.25) is 9.59 Å². The Kier molecular flexibility index (Phi) is 6.34. The van der Waals surface area contributed by atoms with E-state index in [1.807, 2.05) is 31.2 Å². The highest BCUT2D eigenvalue weighted by molar-refractivity contribution is 9.09. The molecule has 31 heavy (non-hydrogen) atoms. The van der Waals surface area contributed by atoms with Gasteiger partial charge in [0.05, 0.1) is 11.6 Å². The Balaban J connectivity index is 1.60. The number of halogens is 2. The second-order valence-electron chi connectivity index (χ2n) is 8.06. The summed E-state index contributed by atoms with van der Waals surface area (Å²) in [7, 11) is 0. The number of fused-ring (bicyclic) bond motifs is 1. The van der Waals surface area contributed by atoms with Gasteiger partial charge in [0, 0.05) is 21.6 Å². The van der Waals surface area contributed by atoms with Gasteiger partial charge in [0.25, 0.3) is 0 Å². The van der Waals surface area contributed by atoms with E-state index in [9.17, 15) is 14.4 Å². The van der Waals surface area contributed by atoms with Gasteiger partial charge >= 0.3 is 6.03 Å². The highest BCUT2D eigenvalue weighted by Gasteiger charge is 2.49. The molecule has 162 valence electrons. The summed E-state index contributed by atoms with van der Waals surface area (Å²) < 4.78 is 0. The molecule has 6 nitrogen and oxygen atoms in total. The molecule has 2 aromatic carbocycles. The van der Waals surface area contributed by atoms with E-state index in [4.69, 9.17) is 11.6 Å². The summed E-state index contributed by atoms with van der Waals surface area (Å²) in [6, 6.07) is 13.3. The fourth-order valence-electron chi connectivity index (χ4n) is 4.28. The third-order valence-corrected chi connectivity index (χ3v) is 6.94. The lowest BCUT2D eigenvalue weighted by Gasteiger charge is -2.47. The Morgan fingerprint density at radius 2 is 1.77 bits per heavy atom. The summed E-state index contributed by atoms with van der Waals surface area (Å²) in [6.45, 7) is 1.86. The second kappa shape index (κ2) is 9.01. The van der Waals surface area contributed by atoms with Crippen molar-refractivity contribution in [2.75, 3.05) is 16.8 Å². The number of benzene rings is 2. The first kappa shape index (κ1) is 21.8. The van der Waals surface area contributed by atoms with E-state index < -0.39 is 6.03 Å². The molecule has 3 unspecified atom stereocenters. The van der Waals surface area contributed by atoms with Gasteiger partial charge in [0.2, 0.25) is 11.8 Å². The minimum Gasteiger partial charge on any atom is -0.325 e. The zero-order valence-corrected chi connectivity index (χ0v) is 19.4. The molecule has 2 aromatic rings. The summed E-state index contributed by atoms with van der Waals surface area (Å²) in [5.41, 5.74) is 2.22. The molecule has 1 saturated carbocycles. The lowest BCUT2D eigenvalue weighted by molar-refractivity contribution is -0.128. The Hall–Kier alpha value is -2.38. The predicted molar refractivity (Wildman–Crippen MR) is 125 cm³/mol. The van der Waals surface area contributed by atoms with Crippen molar-refractivity contribution >= 4 is 56.8 Å². The number of imide groups is 1. The van der Waals surface area contributed by atoms with Crippen LogP contribution >= 0.6 is 27.5 Å². The molecule has 1 aliphatic carbocycles. The lowest BCUT2D eigenvalue weighted by Crippen LogP contribution is -2.64. The Labute approximate surface area is 194 Å². The summed E-state index contributed by atoms with van der Waals surface area (Å²) in [6.07, 6.45) is 2.14. The monoisotopic (exact) mass is 503 g/mol. The third-order valence-electron chi connectivity index (χ3n) is 5.86. The van der Waals surface area contributed by atoms with E-state index in [1.54, 1.807) is 29.2 Å². The van der Waals surface area contributed by atoms with Gasteiger partial charge in [-0.25, -0.2) is 9.69 Å². The van der Waals surface area contributed by atoms with E-state index in [-0.39, 0.29) is 35.1 Å². The fraction of sp³-hybridized carbons (Fsp3) is 0.348. The zero-order chi connectivity index (χ0) is 22.1. The van der Waals surface area contributed by atoms with Crippen molar-refractivity contribution in [1.82, 2.24) is 4.90 Å². The second-order valence-corrected chi connectivity index (χ2v) is 9.79. The number of nitrogens with zero attached hydrogens (tertiary/aromatic N) is 2. The van der Waals surface area contributed by atoms with Crippen molar-refractivity contribution in [3.63, 3.8) is 0 Å². The number of carbonyl (C=O) groups excluding carboxylic acids is 3. The first-order valence-corrected chi connectivity index (χ1v) is 11.5. The van der Waals surface area contributed by atoms with Crippen LogP contribution in [-0.4, -0.2) is 40.2 Å². The Bertz CT molecular complexity index is 996. The molecular weight excluding hydrogens is 482 g/mol. The zero-order valence-electron chi connectivity index (χ0n) is 17.1. The van der Waals surface area contributed by atoms with Gasteiger partial charge in [-0.05, 0) is 62.6 Å². The van der Waals surface area contributed by atoms with Crippen molar-refractivity contribution < 1.29 is 14.4 Å². The molecular formula is C23H23BrClN3O3. The lowest BCUT2D eigenvalue weighted by atomic mass is 9.81. The molecule has 1 N–H and O–H groups in total. The van der Waals surface area contributed by atoms with Crippen LogP contribution < -0.4 is 10.2 Å². The molecule has 0 bridgehead atoms. The number of urea groups is 1. The van der Waals surface area contributed by atoms with Crippen molar-refractivity contribution in [1.29, 1.82) is 0 Å². The van der Waals surface area contributed by atoms with Crippen LogP contribution in [0.25, 0.3) is 0 Å². The molecule has 2 fully saturated rings. The predicted octanol–water partition coefficient (Wildman–Crippen LogP) is 4.99. The molecule has 0 aromatic heterocycles. The number of hydrogen-bond donors (Lipinski definition) is 1. The number of nitrogens with one attached hydrogen (secondary N) is 1. The molecule has 1 heterocycles. The van der Waals surface area contributed by atoms with Gasteiger partial charge in [-0.2, -0.15) is 0 Å². The summed E-state index contributed by atoms with van der Waals surface area (Å²) in [5, 5.41) is 3.37. The SMILES string of the molecule is Cc1ccc(NC(=O)CN2C(=O)N(c3ccc(Cl)cc3)C(=O)C3CC(Br)CCC32)cc1. The van der Waals surface area contributed by atoms with Crippen LogP contribution in [0, 0.1) is 12.8 Å². The molecule has 3 atom stereocenters. The van der Waals surface area contributed by atoms with Gasteiger partial charge in [0.15, 0.2) is 0 Å². The highest BCUT2D eigenvalue weighted by atomic mass is 79.9. The summed E-state index contributed by atoms with van der Waals surface area (Å²) in [4.78, 5) is 42.4. The number of anilines is 2. The molecule has 4 rings (SSSR count). The van der Waals surface area contributed by atoms with Gasteiger partial charge in [0.1, 0.15) is 6.54 Å². The Morgan fingerprint density at radius 3 is 2.45 bits per heavy atom. The van der Waals surface area contributed by atoms with E-state index in [0.29, 0.717) is 29.2 Å². The van der Waals surface area contributed by atoms with Crippen LogP contribution in [0.1, 0.15) is 24.8 Å². The normalized spacial score (nSPS) is 23.5. The molecule has 8 heteroatoms. The number of alkyl halides is 1. The average molecular weight is 505 g/mol. The number of aryl methyl sites for hydroxylation is 1. The van der Waals surface area contributed by atoms with E-state index in [1.165, 1.54) is 4.90 Å². The minimum absolute atomic E-state index is 0.113. The number of rotatable bonds is 4. The van der Waals surface area contributed by atoms with E-state index in [2.05, 4.69) is 21.2 Å². The largest absolute Gasteiger partial charge is 0.332 e. The summed E-state index contributed by atoms with van der Waals surface area (Å²) in [5.74, 6) is -0.877. The molecule has 0 spiro atoms. The van der Waals surface area contributed by atoms with Crippen molar-refractivity contribution in [3.05, 3.63) is 59.1 Å². The molecule has 1 saturated heterocycles. The van der Waals surface area contributed by atoms with Crippen LogP contribution in [0.4, 0.5) is 16.2 Å². The maximum atomic E-state index is 13.4. The van der Waals surface area contributed by atoms with Gasteiger partial charge in [-0.15, -0.1) is 0 Å². The average Bonchev–Trinajstić information content (AvgIpc) is 2.74. The molecule has 2 aliphatic rings. The Morgan fingerprint density at radius 1 is 1.10 bits per heavy atom. The number of hydrogen-bond acceptors (Lipinski definition) is 3. The maximum absolute atomic E-state index is 13.4. The summed E-state index contributed by atoms with van der Waals surface area (Å²) >= 11 is 9.61. The van der Waals surface area contributed by atoms with Crippen LogP contribution in [0.5, 0.6) is 0 Å². The third kappa shape index (κ3) is 4.62. The molecule has 1 aliphatic heterocycles. The molecule has 0 radical (unpaired) electrons. The van der Waals surface area contributed by atoms with Crippen molar-refractivity contribution in [2.45, 2.75) is 37.1 Å². The topological polar surface area (TPSA) is 69.7 Å².